The number of nitrogens with zero attached hydrogens (tertiary/aromatic N) is 1. The summed E-state index contributed by atoms with van der Waals surface area (Å²) in [4.78, 5) is 37.7. The van der Waals surface area contributed by atoms with Crippen molar-refractivity contribution in [2.24, 2.45) is 0 Å². The Labute approximate surface area is 135 Å². The third-order valence-electron chi connectivity index (χ3n) is 3.49. The second-order valence-corrected chi connectivity index (χ2v) is 6.70. The predicted octanol–water partition coefficient (Wildman–Crippen LogP) is 2.63. The predicted molar refractivity (Wildman–Crippen MR) is 84.6 cm³/mol. The van der Waals surface area contributed by atoms with E-state index in [2.05, 4.69) is 0 Å². The molecule has 5 nitrogen and oxygen atoms in total. The van der Waals surface area contributed by atoms with Crippen LogP contribution >= 0.6 is 22.9 Å². The average Bonchev–Trinajstić information content (AvgIpc) is 2.98. The van der Waals surface area contributed by atoms with Gasteiger partial charge in [0.1, 0.15) is 0 Å². The van der Waals surface area contributed by atoms with Gasteiger partial charge in [0.15, 0.2) is 5.78 Å². The second-order valence-electron chi connectivity index (χ2n) is 4.98. The number of nitrogens with two attached hydrogens (primary N) is 1. The number of rotatable bonds is 3. The van der Waals surface area contributed by atoms with E-state index in [-0.39, 0.29) is 29.0 Å². The number of anilines is 1. The molecule has 0 unspecified atom stereocenters. The van der Waals surface area contributed by atoms with Gasteiger partial charge in [-0.15, -0.1) is 11.3 Å². The molecule has 0 saturated heterocycles. The number of imide groups is 1. The number of thiophene rings is 1. The van der Waals surface area contributed by atoms with Crippen molar-refractivity contribution >= 4 is 46.2 Å². The number of carbonyl (C=O) groups is 3. The average molecular weight is 335 g/mol. The monoisotopic (exact) mass is 334 g/mol. The molecule has 3 rings (SSSR count). The van der Waals surface area contributed by atoms with Gasteiger partial charge in [-0.3, -0.25) is 19.3 Å². The number of nitrogen functional groups attached to an aromatic ring is 1. The van der Waals surface area contributed by atoms with Gasteiger partial charge in [-0.05, 0) is 29.8 Å². The van der Waals surface area contributed by atoms with Gasteiger partial charge in [0.05, 0.1) is 20.3 Å². The third-order valence-corrected chi connectivity index (χ3v) is 4.77. The first kappa shape index (κ1) is 14.7. The molecule has 0 bridgehead atoms. The largest absolute Gasteiger partial charge is 0.398 e. The first-order chi connectivity index (χ1) is 10.4. The Balaban J connectivity index is 1.94. The number of amides is 2. The summed E-state index contributed by atoms with van der Waals surface area (Å²) in [5, 5.41) is 0. The Hall–Kier alpha value is -2.18. The summed E-state index contributed by atoms with van der Waals surface area (Å²) in [6.07, 6.45) is 0.0967. The minimum absolute atomic E-state index is 0.0967. The van der Waals surface area contributed by atoms with Gasteiger partial charge < -0.3 is 5.73 Å². The van der Waals surface area contributed by atoms with Gasteiger partial charge in [-0.2, -0.15) is 0 Å². The molecule has 0 atom stereocenters. The van der Waals surface area contributed by atoms with Crippen LogP contribution in [0.4, 0.5) is 5.69 Å². The molecular weight excluding hydrogens is 324 g/mol. The van der Waals surface area contributed by atoms with Gasteiger partial charge in [0.25, 0.3) is 11.8 Å². The van der Waals surface area contributed by atoms with Crippen molar-refractivity contribution in [3.8, 4) is 0 Å². The van der Waals surface area contributed by atoms with Crippen molar-refractivity contribution in [1.29, 1.82) is 0 Å². The summed E-state index contributed by atoms with van der Waals surface area (Å²) in [6, 6.07) is 6.45. The number of fused-ring (bicyclic) bond motifs is 1. The fraction of sp³-hybridized carbons (Fsp3) is 0.133. The number of Topliss-reactive ketones (excluding diaryl/α,β-unsaturated/α-hetero) is 1. The number of hydrogen-bond donors (Lipinski definition) is 1. The molecule has 1 aromatic heterocycles. The van der Waals surface area contributed by atoms with E-state index in [0.29, 0.717) is 14.8 Å². The zero-order chi connectivity index (χ0) is 16.0. The number of carbonyl (C=O) groups excluding carboxylic acids is 3. The van der Waals surface area contributed by atoms with Gasteiger partial charge in [-0.1, -0.05) is 11.6 Å². The molecule has 2 heterocycles. The highest BCUT2D eigenvalue weighted by molar-refractivity contribution is 7.18. The molecule has 2 amide bonds. The molecule has 2 aromatic rings. The summed E-state index contributed by atoms with van der Waals surface area (Å²) in [7, 11) is 1.41. The van der Waals surface area contributed by atoms with Crippen LogP contribution in [0.5, 0.6) is 0 Å². The maximum atomic E-state index is 12.2. The molecule has 7 heteroatoms. The van der Waals surface area contributed by atoms with Crippen LogP contribution in [0.25, 0.3) is 0 Å². The lowest BCUT2D eigenvalue weighted by atomic mass is 10.00. The highest BCUT2D eigenvalue weighted by atomic mass is 35.5. The lowest BCUT2D eigenvalue weighted by Gasteiger charge is -2.05. The van der Waals surface area contributed by atoms with Crippen LogP contribution < -0.4 is 5.73 Å². The van der Waals surface area contributed by atoms with E-state index in [1.54, 1.807) is 24.3 Å². The van der Waals surface area contributed by atoms with Crippen molar-refractivity contribution < 1.29 is 14.4 Å². The fourth-order valence-corrected chi connectivity index (χ4v) is 3.39. The van der Waals surface area contributed by atoms with Crippen LogP contribution in [0.2, 0.25) is 4.34 Å². The van der Waals surface area contributed by atoms with E-state index in [4.69, 9.17) is 17.3 Å². The summed E-state index contributed by atoms with van der Waals surface area (Å²) >= 11 is 7.02. The Morgan fingerprint density at radius 1 is 1.27 bits per heavy atom. The van der Waals surface area contributed by atoms with E-state index in [9.17, 15) is 14.4 Å². The van der Waals surface area contributed by atoms with E-state index in [0.717, 1.165) is 4.90 Å². The van der Waals surface area contributed by atoms with Crippen molar-refractivity contribution in [2.75, 3.05) is 12.8 Å². The Bertz CT molecular complexity index is 828. The highest BCUT2D eigenvalue weighted by Gasteiger charge is 2.35. The van der Waals surface area contributed by atoms with E-state index < -0.39 is 11.8 Å². The summed E-state index contributed by atoms with van der Waals surface area (Å²) < 4.78 is 0.541. The maximum Gasteiger partial charge on any atom is 0.263 e. The fourth-order valence-electron chi connectivity index (χ4n) is 2.41. The third kappa shape index (κ3) is 2.30. The Morgan fingerprint density at radius 2 is 2.00 bits per heavy atom. The highest BCUT2D eigenvalue weighted by Crippen LogP contribution is 2.29. The number of ketones is 1. The lowest BCUT2D eigenvalue weighted by Crippen LogP contribution is -2.24. The smallest absolute Gasteiger partial charge is 0.263 e. The maximum absolute atomic E-state index is 12.2. The van der Waals surface area contributed by atoms with Crippen LogP contribution in [0.3, 0.4) is 0 Å². The van der Waals surface area contributed by atoms with Crippen LogP contribution in [0, 0.1) is 0 Å². The molecular formula is C15H11ClN2O3S. The molecule has 112 valence electrons. The quantitative estimate of drug-likeness (QED) is 0.531. The van der Waals surface area contributed by atoms with Crippen LogP contribution in [-0.2, 0) is 6.42 Å². The molecule has 1 aromatic carbocycles. The van der Waals surface area contributed by atoms with Crippen molar-refractivity contribution in [1.82, 2.24) is 4.90 Å². The summed E-state index contributed by atoms with van der Waals surface area (Å²) in [5.41, 5.74) is 7.15. The zero-order valence-corrected chi connectivity index (χ0v) is 13.1. The zero-order valence-electron chi connectivity index (χ0n) is 11.6. The van der Waals surface area contributed by atoms with Crippen LogP contribution in [-0.4, -0.2) is 29.5 Å². The molecule has 0 spiro atoms. The normalized spacial score (nSPS) is 13.6. The van der Waals surface area contributed by atoms with Crippen molar-refractivity contribution in [2.45, 2.75) is 6.42 Å². The molecule has 0 radical (unpaired) electrons. The molecule has 1 aliphatic rings. The number of hydrogen-bond acceptors (Lipinski definition) is 5. The van der Waals surface area contributed by atoms with Gasteiger partial charge in [0, 0.05) is 19.2 Å². The Kier molecular flexibility index (Phi) is 3.50. The summed E-state index contributed by atoms with van der Waals surface area (Å²) in [6.45, 7) is 0. The van der Waals surface area contributed by atoms with Gasteiger partial charge in [-0.25, -0.2) is 0 Å². The van der Waals surface area contributed by atoms with E-state index >= 15 is 0 Å². The molecule has 0 aliphatic carbocycles. The van der Waals surface area contributed by atoms with Gasteiger partial charge >= 0.3 is 0 Å². The van der Waals surface area contributed by atoms with Crippen molar-refractivity contribution in [3.63, 3.8) is 0 Å². The van der Waals surface area contributed by atoms with Crippen LogP contribution in [0.15, 0.2) is 24.3 Å². The molecule has 1 aliphatic heterocycles. The number of benzene rings is 1. The SMILES string of the molecule is CN1C(=O)c2cc(CC(=O)c3ccc(Cl)s3)cc(N)c2C1=O. The second kappa shape index (κ2) is 5.23. The summed E-state index contributed by atoms with van der Waals surface area (Å²) in [5.74, 6) is -0.929. The van der Waals surface area contributed by atoms with Gasteiger partial charge in [0.2, 0.25) is 0 Å². The lowest BCUT2D eigenvalue weighted by molar-refractivity contribution is 0.0693. The molecule has 0 saturated carbocycles. The Morgan fingerprint density at radius 3 is 2.64 bits per heavy atom. The molecule has 22 heavy (non-hydrogen) atoms. The standard InChI is InChI=1S/C15H11ClN2O3S/c1-18-14(20)8-4-7(5-9(17)13(8)15(18)21)6-10(19)11-2-3-12(16)22-11/h2-5H,6,17H2,1H3. The molecule has 0 fully saturated rings. The number of halogens is 1. The topological polar surface area (TPSA) is 80.5 Å². The van der Waals surface area contributed by atoms with Crippen molar-refractivity contribution in [3.05, 3.63) is 50.2 Å². The minimum Gasteiger partial charge on any atom is -0.398 e. The first-order valence-corrected chi connectivity index (χ1v) is 7.61. The molecule has 2 N–H and O–H groups in total. The van der Waals surface area contributed by atoms with E-state index in [1.165, 1.54) is 18.4 Å². The van der Waals surface area contributed by atoms with E-state index in [1.807, 2.05) is 0 Å². The van der Waals surface area contributed by atoms with Crippen LogP contribution in [0.1, 0.15) is 36.0 Å². The first-order valence-electron chi connectivity index (χ1n) is 6.42. The minimum atomic E-state index is -0.416.